The third-order valence-corrected chi connectivity index (χ3v) is 4.09. The van der Waals surface area contributed by atoms with Gasteiger partial charge in [0.25, 0.3) is 0 Å². The largest absolute Gasteiger partial charge is 0.491 e. The number of carbonyl (C=O) groups is 2. The van der Waals surface area contributed by atoms with Gasteiger partial charge in [-0.3, -0.25) is 4.79 Å². The standard InChI is InChI=1S/C22H22FN5O4/c1-31-11-12-32-18-7-5-15(6-8-18)27-22-24-14-19(23)21(28-22)26-17-4-2-3-16(13-17)25-20(30)9-10-29/h2-8,10,13-14H,9,11-12H2,1H3,(H,25,30)(H2,24,26,27,28). The lowest BCUT2D eigenvalue weighted by atomic mass is 10.2. The van der Waals surface area contributed by atoms with Gasteiger partial charge in [0.15, 0.2) is 11.6 Å². The Morgan fingerprint density at radius 3 is 2.59 bits per heavy atom. The Hall–Kier alpha value is -4.05. The van der Waals surface area contributed by atoms with Crippen LogP contribution in [0.25, 0.3) is 0 Å². The van der Waals surface area contributed by atoms with Crippen LogP contribution in [0.15, 0.2) is 54.7 Å². The Kier molecular flexibility index (Phi) is 8.04. The number of halogens is 1. The number of carbonyl (C=O) groups excluding carboxylic acids is 2. The maximum absolute atomic E-state index is 14.3. The molecular weight excluding hydrogens is 417 g/mol. The number of hydrogen-bond acceptors (Lipinski definition) is 8. The van der Waals surface area contributed by atoms with Crippen molar-refractivity contribution in [2.75, 3.05) is 36.3 Å². The number of aldehydes is 1. The summed E-state index contributed by atoms with van der Waals surface area (Å²) in [7, 11) is 1.60. The molecule has 3 N–H and O–H groups in total. The average Bonchev–Trinajstić information content (AvgIpc) is 2.78. The number of hydrogen-bond donors (Lipinski definition) is 3. The fourth-order valence-corrected chi connectivity index (χ4v) is 2.62. The van der Waals surface area contributed by atoms with Crippen LogP contribution in [0.4, 0.5) is 33.2 Å². The maximum atomic E-state index is 14.3. The summed E-state index contributed by atoms with van der Waals surface area (Å²) in [6.07, 6.45) is 1.33. The van der Waals surface area contributed by atoms with Crippen molar-refractivity contribution in [1.82, 2.24) is 9.97 Å². The lowest BCUT2D eigenvalue weighted by molar-refractivity contribution is -0.119. The van der Waals surface area contributed by atoms with Crippen LogP contribution in [-0.4, -0.2) is 42.5 Å². The molecular formula is C22H22FN5O4. The fourth-order valence-electron chi connectivity index (χ4n) is 2.62. The second-order valence-electron chi connectivity index (χ2n) is 6.51. The van der Waals surface area contributed by atoms with Crippen LogP contribution in [0.5, 0.6) is 5.75 Å². The van der Waals surface area contributed by atoms with Crippen LogP contribution < -0.4 is 20.7 Å². The van der Waals surface area contributed by atoms with Gasteiger partial charge in [0.1, 0.15) is 18.6 Å². The third-order valence-electron chi connectivity index (χ3n) is 4.09. The van der Waals surface area contributed by atoms with Gasteiger partial charge < -0.3 is 30.2 Å². The van der Waals surface area contributed by atoms with Crippen molar-refractivity contribution in [3.05, 3.63) is 60.5 Å². The van der Waals surface area contributed by atoms with E-state index in [1.165, 1.54) is 0 Å². The number of amides is 1. The van der Waals surface area contributed by atoms with Crippen molar-refractivity contribution < 1.29 is 23.5 Å². The molecule has 0 saturated carbocycles. The number of aromatic nitrogens is 2. The van der Waals surface area contributed by atoms with Crippen molar-refractivity contribution in [1.29, 1.82) is 0 Å². The molecule has 3 aromatic rings. The molecule has 0 aliphatic heterocycles. The predicted molar refractivity (Wildman–Crippen MR) is 118 cm³/mol. The number of methoxy groups -OCH3 is 1. The molecule has 32 heavy (non-hydrogen) atoms. The highest BCUT2D eigenvalue weighted by Crippen LogP contribution is 2.23. The van der Waals surface area contributed by atoms with E-state index in [2.05, 4.69) is 25.9 Å². The predicted octanol–water partition coefficient (Wildman–Crippen LogP) is 3.66. The van der Waals surface area contributed by atoms with Crippen molar-refractivity contribution >= 4 is 41.0 Å². The molecule has 0 spiro atoms. The maximum Gasteiger partial charge on any atom is 0.231 e. The Morgan fingerprint density at radius 2 is 1.84 bits per heavy atom. The quantitative estimate of drug-likeness (QED) is 0.236. The van der Waals surface area contributed by atoms with E-state index in [0.717, 1.165) is 6.20 Å². The Balaban J connectivity index is 1.67. The van der Waals surface area contributed by atoms with Gasteiger partial charge in [-0.1, -0.05) is 6.07 Å². The molecule has 0 aliphatic rings. The van der Waals surface area contributed by atoms with Crippen LogP contribution in [0.1, 0.15) is 6.42 Å². The molecule has 0 bridgehead atoms. The van der Waals surface area contributed by atoms with Gasteiger partial charge in [-0.2, -0.15) is 4.98 Å². The van der Waals surface area contributed by atoms with E-state index in [0.29, 0.717) is 42.3 Å². The molecule has 1 amide bonds. The number of anilines is 5. The number of benzene rings is 2. The minimum atomic E-state index is -0.646. The lowest BCUT2D eigenvalue weighted by Gasteiger charge is -2.11. The third kappa shape index (κ3) is 6.74. The summed E-state index contributed by atoms with van der Waals surface area (Å²) in [4.78, 5) is 30.2. The zero-order chi connectivity index (χ0) is 22.8. The topological polar surface area (TPSA) is 114 Å². The normalized spacial score (nSPS) is 10.3. The highest BCUT2D eigenvalue weighted by atomic mass is 19.1. The van der Waals surface area contributed by atoms with Gasteiger partial charge in [-0.05, 0) is 42.5 Å². The van der Waals surface area contributed by atoms with Crippen LogP contribution in [0, 0.1) is 5.82 Å². The highest BCUT2D eigenvalue weighted by molar-refractivity contribution is 5.98. The summed E-state index contributed by atoms with van der Waals surface area (Å²) in [6.45, 7) is 0.939. The number of nitrogens with one attached hydrogen (secondary N) is 3. The average molecular weight is 439 g/mol. The minimum Gasteiger partial charge on any atom is -0.491 e. The summed E-state index contributed by atoms with van der Waals surface area (Å²) < 4.78 is 24.7. The molecule has 2 aromatic carbocycles. The first-order valence-corrected chi connectivity index (χ1v) is 9.69. The van der Waals surface area contributed by atoms with Crippen LogP contribution >= 0.6 is 0 Å². The van der Waals surface area contributed by atoms with Crippen molar-refractivity contribution in [2.24, 2.45) is 0 Å². The Labute approximate surface area is 184 Å². The van der Waals surface area contributed by atoms with Crippen LogP contribution in [-0.2, 0) is 14.3 Å². The van der Waals surface area contributed by atoms with Gasteiger partial charge in [0.05, 0.1) is 19.2 Å². The monoisotopic (exact) mass is 439 g/mol. The first kappa shape index (κ1) is 22.6. The first-order chi connectivity index (χ1) is 15.6. The molecule has 166 valence electrons. The number of ether oxygens (including phenoxy) is 2. The Bertz CT molecular complexity index is 1060. The second-order valence-corrected chi connectivity index (χ2v) is 6.51. The molecule has 10 heteroatoms. The van der Waals surface area contributed by atoms with E-state index in [1.54, 1.807) is 55.6 Å². The van der Waals surface area contributed by atoms with E-state index in [1.807, 2.05) is 0 Å². The molecule has 0 aliphatic carbocycles. The molecule has 9 nitrogen and oxygen atoms in total. The molecule has 1 heterocycles. The van der Waals surface area contributed by atoms with E-state index >= 15 is 0 Å². The van der Waals surface area contributed by atoms with E-state index < -0.39 is 11.7 Å². The molecule has 0 unspecified atom stereocenters. The zero-order valence-corrected chi connectivity index (χ0v) is 17.3. The summed E-state index contributed by atoms with van der Waals surface area (Å²) in [6, 6.07) is 13.7. The van der Waals surface area contributed by atoms with Crippen LogP contribution in [0.3, 0.4) is 0 Å². The van der Waals surface area contributed by atoms with Crippen molar-refractivity contribution in [2.45, 2.75) is 6.42 Å². The van der Waals surface area contributed by atoms with Gasteiger partial charge in [-0.15, -0.1) is 0 Å². The fraction of sp³-hybridized carbons (Fsp3) is 0.182. The lowest BCUT2D eigenvalue weighted by Crippen LogP contribution is -2.11. The number of nitrogens with zero attached hydrogens (tertiary/aromatic N) is 2. The molecule has 1 aromatic heterocycles. The van der Waals surface area contributed by atoms with E-state index in [-0.39, 0.29) is 18.2 Å². The van der Waals surface area contributed by atoms with Gasteiger partial charge in [-0.25, -0.2) is 9.37 Å². The van der Waals surface area contributed by atoms with Gasteiger partial charge in [0, 0.05) is 24.2 Å². The van der Waals surface area contributed by atoms with E-state index in [4.69, 9.17) is 9.47 Å². The summed E-state index contributed by atoms with van der Waals surface area (Å²) in [5.41, 5.74) is 1.65. The van der Waals surface area contributed by atoms with Crippen molar-refractivity contribution in [3.63, 3.8) is 0 Å². The summed E-state index contributed by atoms with van der Waals surface area (Å²) in [5.74, 6) is -0.245. The zero-order valence-electron chi connectivity index (χ0n) is 17.3. The molecule has 0 saturated heterocycles. The molecule has 3 rings (SSSR count). The second kappa shape index (κ2) is 11.4. The molecule has 0 atom stereocenters. The highest BCUT2D eigenvalue weighted by Gasteiger charge is 2.09. The molecule has 0 radical (unpaired) electrons. The summed E-state index contributed by atoms with van der Waals surface area (Å²) in [5, 5.41) is 8.45. The van der Waals surface area contributed by atoms with Crippen LogP contribution in [0.2, 0.25) is 0 Å². The minimum absolute atomic E-state index is 0.0432. The van der Waals surface area contributed by atoms with E-state index in [9.17, 15) is 14.0 Å². The first-order valence-electron chi connectivity index (χ1n) is 9.69. The van der Waals surface area contributed by atoms with Gasteiger partial charge in [0.2, 0.25) is 11.9 Å². The Morgan fingerprint density at radius 1 is 1.06 bits per heavy atom. The van der Waals surface area contributed by atoms with Crippen molar-refractivity contribution in [3.8, 4) is 5.75 Å². The number of rotatable bonds is 11. The van der Waals surface area contributed by atoms with Gasteiger partial charge >= 0.3 is 0 Å². The molecule has 0 fully saturated rings. The SMILES string of the molecule is COCCOc1ccc(Nc2ncc(F)c(Nc3cccc(NC(=O)CC=O)c3)n2)cc1. The smallest absolute Gasteiger partial charge is 0.231 e. The summed E-state index contributed by atoms with van der Waals surface area (Å²) >= 11 is 0.